The molecule has 1 fully saturated rings. The minimum Gasteiger partial charge on any atom is -0.480 e. The summed E-state index contributed by atoms with van der Waals surface area (Å²) in [4.78, 5) is 13.8. The van der Waals surface area contributed by atoms with E-state index in [-0.39, 0.29) is 0 Å². The minimum atomic E-state index is -0.825. The van der Waals surface area contributed by atoms with E-state index < -0.39 is 11.5 Å². The first-order valence-electron chi connectivity index (χ1n) is 6.70. The van der Waals surface area contributed by atoms with E-state index in [0.29, 0.717) is 12.8 Å². The summed E-state index contributed by atoms with van der Waals surface area (Å²) in [5.74, 6) is -0.751. The first-order valence-corrected chi connectivity index (χ1v) is 6.70. The molecule has 0 bridgehead atoms. The Kier molecular flexibility index (Phi) is 3.80. The number of carboxylic acids is 1. The van der Waals surface area contributed by atoms with Crippen LogP contribution < -0.4 is 5.32 Å². The molecule has 0 aromatic heterocycles. The Labute approximate surface area is 114 Å². The van der Waals surface area contributed by atoms with E-state index in [1.54, 1.807) is 0 Å². The molecule has 0 unspecified atom stereocenters. The van der Waals surface area contributed by atoms with Crippen LogP contribution in [0.1, 0.15) is 24.0 Å². The lowest BCUT2D eigenvalue weighted by Gasteiger charge is -2.38. The number of nitrogens with zero attached hydrogens (tertiary/aromatic N) is 1. The number of benzene rings is 1. The summed E-state index contributed by atoms with van der Waals surface area (Å²) in [5.41, 5.74) is 2.47. The fourth-order valence-corrected chi connectivity index (χ4v) is 2.49. The molecule has 0 saturated carbocycles. The van der Waals surface area contributed by atoms with Gasteiger partial charge in [-0.25, -0.2) is 4.79 Å². The second-order valence-electron chi connectivity index (χ2n) is 5.61. The fraction of sp³-hybridized carbons (Fsp3) is 0.533. The zero-order valence-electron chi connectivity index (χ0n) is 11.9. The molecule has 1 aliphatic rings. The summed E-state index contributed by atoms with van der Waals surface area (Å²) in [6, 6.07) is 6.02. The zero-order chi connectivity index (χ0) is 14.0. The highest BCUT2D eigenvalue weighted by atomic mass is 16.4. The van der Waals surface area contributed by atoms with Crippen LogP contribution >= 0.6 is 0 Å². The predicted octanol–water partition coefficient (Wildman–Crippen LogP) is 2.26. The van der Waals surface area contributed by atoms with Crippen molar-refractivity contribution in [3.05, 3.63) is 29.3 Å². The third-order valence-corrected chi connectivity index (χ3v) is 4.14. The first-order chi connectivity index (χ1) is 8.93. The molecule has 104 valence electrons. The normalized spacial score (nSPS) is 19.1. The maximum Gasteiger partial charge on any atom is 0.329 e. The number of carbonyl (C=O) groups is 1. The number of nitrogens with one attached hydrogen (secondary N) is 1. The Morgan fingerprint density at radius 3 is 2.42 bits per heavy atom. The standard InChI is InChI=1S/C15H22N2O2/c1-11-4-5-13(10-12(11)2)16-15(14(18)19)6-8-17(3)9-7-15/h4-5,10,16H,6-9H2,1-3H3,(H,18,19). The van der Waals surface area contributed by atoms with Crippen LogP contribution in [0.5, 0.6) is 0 Å². The maximum atomic E-state index is 11.7. The van der Waals surface area contributed by atoms with Gasteiger partial charge in [-0.2, -0.15) is 0 Å². The Bertz CT molecular complexity index is 477. The zero-order valence-corrected chi connectivity index (χ0v) is 11.9. The van der Waals surface area contributed by atoms with E-state index >= 15 is 0 Å². The van der Waals surface area contributed by atoms with Crippen LogP contribution in [0.15, 0.2) is 18.2 Å². The maximum absolute atomic E-state index is 11.7. The van der Waals surface area contributed by atoms with Crippen molar-refractivity contribution in [2.45, 2.75) is 32.2 Å². The number of hydrogen-bond donors (Lipinski definition) is 2. The Balaban J connectivity index is 2.21. The van der Waals surface area contributed by atoms with E-state index in [4.69, 9.17) is 0 Å². The summed E-state index contributed by atoms with van der Waals surface area (Å²) in [6.07, 6.45) is 1.26. The van der Waals surface area contributed by atoms with Crippen molar-refractivity contribution in [2.75, 3.05) is 25.5 Å². The van der Waals surface area contributed by atoms with Gasteiger partial charge in [0.15, 0.2) is 0 Å². The van der Waals surface area contributed by atoms with Gasteiger partial charge in [0.25, 0.3) is 0 Å². The van der Waals surface area contributed by atoms with Gasteiger partial charge in [0.1, 0.15) is 5.54 Å². The number of rotatable bonds is 3. The van der Waals surface area contributed by atoms with Gasteiger partial charge in [-0.3, -0.25) is 0 Å². The smallest absolute Gasteiger partial charge is 0.329 e. The van der Waals surface area contributed by atoms with Crippen LogP contribution in [0.2, 0.25) is 0 Å². The van der Waals surface area contributed by atoms with Gasteiger partial charge in [0.05, 0.1) is 0 Å². The lowest BCUT2D eigenvalue weighted by Crippen LogP contribution is -2.53. The van der Waals surface area contributed by atoms with Gasteiger partial charge in [0.2, 0.25) is 0 Å². The highest BCUT2D eigenvalue weighted by Crippen LogP contribution is 2.28. The molecular formula is C15H22N2O2. The number of aliphatic carboxylic acids is 1. The minimum absolute atomic E-state index is 0.631. The molecule has 1 aromatic carbocycles. The van der Waals surface area contributed by atoms with Gasteiger partial charge in [-0.1, -0.05) is 6.07 Å². The highest BCUT2D eigenvalue weighted by molar-refractivity contribution is 5.83. The molecule has 2 N–H and O–H groups in total. The van der Waals surface area contributed by atoms with Crippen LogP contribution in [0.25, 0.3) is 0 Å². The summed E-state index contributed by atoms with van der Waals surface area (Å²) in [6.45, 7) is 5.72. The number of anilines is 1. The van der Waals surface area contributed by atoms with Crippen LogP contribution in [-0.4, -0.2) is 41.7 Å². The highest BCUT2D eigenvalue weighted by Gasteiger charge is 2.40. The molecule has 1 heterocycles. The molecule has 0 radical (unpaired) electrons. The topological polar surface area (TPSA) is 52.6 Å². The number of likely N-dealkylation sites (tertiary alicyclic amines) is 1. The molecule has 19 heavy (non-hydrogen) atoms. The van der Waals surface area contributed by atoms with Crippen molar-refractivity contribution in [1.82, 2.24) is 4.90 Å². The third-order valence-electron chi connectivity index (χ3n) is 4.14. The molecule has 1 saturated heterocycles. The molecule has 4 nitrogen and oxygen atoms in total. The fourth-order valence-electron chi connectivity index (χ4n) is 2.49. The average Bonchev–Trinajstić information content (AvgIpc) is 2.37. The quantitative estimate of drug-likeness (QED) is 0.877. The van der Waals surface area contributed by atoms with E-state index in [9.17, 15) is 9.90 Å². The van der Waals surface area contributed by atoms with Crippen molar-refractivity contribution in [3.8, 4) is 0 Å². The Hall–Kier alpha value is -1.55. The number of piperidine rings is 1. The second kappa shape index (κ2) is 5.21. The molecule has 0 atom stereocenters. The third kappa shape index (κ3) is 2.89. The largest absolute Gasteiger partial charge is 0.480 e. The van der Waals surface area contributed by atoms with Gasteiger partial charge in [-0.15, -0.1) is 0 Å². The van der Waals surface area contributed by atoms with Crippen LogP contribution in [0.4, 0.5) is 5.69 Å². The molecular weight excluding hydrogens is 240 g/mol. The van der Waals surface area contributed by atoms with E-state index in [0.717, 1.165) is 18.8 Å². The van der Waals surface area contributed by atoms with Crippen LogP contribution in [-0.2, 0) is 4.79 Å². The van der Waals surface area contributed by atoms with Gasteiger partial charge >= 0.3 is 5.97 Å². The first kappa shape index (κ1) is 13.9. The van der Waals surface area contributed by atoms with Gasteiger partial charge in [0, 0.05) is 18.8 Å². The number of hydrogen-bond acceptors (Lipinski definition) is 3. The lowest BCUT2D eigenvalue weighted by atomic mass is 9.87. The number of aryl methyl sites for hydroxylation is 2. The summed E-state index contributed by atoms with van der Waals surface area (Å²) >= 11 is 0. The molecule has 2 rings (SSSR count). The molecule has 1 aliphatic heterocycles. The van der Waals surface area contributed by atoms with E-state index in [2.05, 4.69) is 17.1 Å². The van der Waals surface area contributed by atoms with Crippen molar-refractivity contribution in [3.63, 3.8) is 0 Å². The average molecular weight is 262 g/mol. The Morgan fingerprint density at radius 1 is 1.26 bits per heavy atom. The molecule has 0 amide bonds. The van der Waals surface area contributed by atoms with Crippen molar-refractivity contribution < 1.29 is 9.90 Å². The summed E-state index contributed by atoms with van der Waals surface area (Å²) in [7, 11) is 2.03. The van der Waals surface area contributed by atoms with Crippen molar-refractivity contribution >= 4 is 11.7 Å². The van der Waals surface area contributed by atoms with Crippen LogP contribution in [0.3, 0.4) is 0 Å². The molecule has 4 heteroatoms. The van der Waals surface area contributed by atoms with Gasteiger partial charge in [-0.05, 0) is 57.0 Å². The van der Waals surface area contributed by atoms with Crippen LogP contribution in [0, 0.1) is 13.8 Å². The summed E-state index contributed by atoms with van der Waals surface area (Å²) < 4.78 is 0. The Morgan fingerprint density at radius 2 is 1.89 bits per heavy atom. The van der Waals surface area contributed by atoms with E-state index in [1.807, 2.05) is 32.2 Å². The predicted molar refractivity (Wildman–Crippen MR) is 76.6 cm³/mol. The SMILES string of the molecule is Cc1ccc(NC2(C(=O)O)CCN(C)CC2)cc1C. The lowest BCUT2D eigenvalue weighted by molar-refractivity contribution is -0.143. The van der Waals surface area contributed by atoms with Gasteiger partial charge < -0.3 is 15.3 Å². The summed E-state index contributed by atoms with van der Waals surface area (Å²) in [5, 5.41) is 12.8. The number of carboxylic acid groups (broad SMARTS) is 1. The van der Waals surface area contributed by atoms with Crippen molar-refractivity contribution in [2.24, 2.45) is 0 Å². The van der Waals surface area contributed by atoms with E-state index in [1.165, 1.54) is 11.1 Å². The molecule has 0 aliphatic carbocycles. The second-order valence-corrected chi connectivity index (χ2v) is 5.61. The molecule has 0 spiro atoms. The monoisotopic (exact) mass is 262 g/mol. The molecule has 1 aromatic rings. The van der Waals surface area contributed by atoms with Crippen molar-refractivity contribution in [1.29, 1.82) is 0 Å².